The Hall–Kier alpha value is -3.16. The molecular formula is C28H30N+. The summed E-state index contributed by atoms with van der Waals surface area (Å²) in [5.41, 5.74) is 4.49. The van der Waals surface area contributed by atoms with Gasteiger partial charge >= 0.3 is 0 Å². The molecule has 146 valence electrons. The number of benzene rings is 3. The van der Waals surface area contributed by atoms with Gasteiger partial charge in [0.15, 0.2) is 0 Å². The van der Waals surface area contributed by atoms with Gasteiger partial charge in [0.25, 0.3) is 0 Å². The second kappa shape index (κ2) is 9.36. The highest BCUT2D eigenvalue weighted by Gasteiger charge is 2.36. The number of allylic oxidation sites excluding steroid dienone is 4. The highest BCUT2D eigenvalue weighted by molar-refractivity contribution is 5.90. The van der Waals surface area contributed by atoms with Crippen LogP contribution in [-0.4, -0.2) is 7.05 Å². The van der Waals surface area contributed by atoms with E-state index in [0.29, 0.717) is 0 Å². The van der Waals surface area contributed by atoms with Crippen LogP contribution in [0.4, 0.5) is 5.69 Å². The Bertz CT molecular complexity index is 1030. The van der Waals surface area contributed by atoms with Crippen LogP contribution < -0.4 is 5.32 Å². The van der Waals surface area contributed by atoms with Crippen molar-refractivity contribution in [3.63, 3.8) is 0 Å². The summed E-state index contributed by atoms with van der Waals surface area (Å²) < 4.78 is 0. The van der Waals surface area contributed by atoms with Crippen molar-refractivity contribution in [2.75, 3.05) is 7.05 Å². The van der Waals surface area contributed by atoms with Gasteiger partial charge in [-0.25, -0.2) is 0 Å². The topological polar surface area (TPSA) is 16.6 Å². The van der Waals surface area contributed by atoms with Crippen LogP contribution >= 0.6 is 0 Å². The van der Waals surface area contributed by atoms with Crippen molar-refractivity contribution in [2.45, 2.75) is 18.3 Å². The van der Waals surface area contributed by atoms with Crippen LogP contribution in [0.5, 0.6) is 0 Å². The first-order chi connectivity index (χ1) is 14.2. The molecule has 0 saturated carbocycles. The monoisotopic (exact) mass is 380 g/mol. The number of hydrogen-bond acceptors (Lipinski definition) is 0. The lowest BCUT2D eigenvalue weighted by atomic mass is 9.67. The number of quaternary nitrogens is 1. The van der Waals surface area contributed by atoms with Gasteiger partial charge in [0.05, 0.1) is 7.05 Å². The minimum Gasteiger partial charge on any atom is -0.316 e. The molecule has 1 nitrogen and oxygen atoms in total. The van der Waals surface area contributed by atoms with E-state index >= 15 is 0 Å². The minimum absolute atomic E-state index is 0.294. The maximum atomic E-state index is 4.54. The Labute approximate surface area is 174 Å². The fourth-order valence-electron chi connectivity index (χ4n) is 4.19. The van der Waals surface area contributed by atoms with E-state index in [2.05, 4.69) is 105 Å². The molecule has 0 bridgehead atoms. The van der Waals surface area contributed by atoms with Gasteiger partial charge in [0.2, 0.25) is 0 Å². The highest BCUT2D eigenvalue weighted by atomic mass is 14.8. The quantitative estimate of drug-likeness (QED) is 0.254. The molecule has 29 heavy (non-hydrogen) atoms. The third kappa shape index (κ3) is 4.16. The van der Waals surface area contributed by atoms with Crippen LogP contribution in [0.2, 0.25) is 0 Å². The SMILES string of the molecule is C=CCC(CC=C)(C(=C)/C=C/c1ccccc1)c1c([NH2+]C)ccc2ccccc12. The molecule has 0 unspecified atom stereocenters. The molecule has 0 aliphatic heterocycles. The lowest BCUT2D eigenvalue weighted by molar-refractivity contribution is -0.540. The maximum Gasteiger partial charge on any atom is 0.134 e. The Kier molecular flexibility index (Phi) is 6.64. The fraction of sp³-hybridized carbons (Fsp3) is 0.143. The van der Waals surface area contributed by atoms with E-state index in [1.54, 1.807) is 0 Å². The van der Waals surface area contributed by atoms with Crippen molar-refractivity contribution in [1.29, 1.82) is 0 Å². The van der Waals surface area contributed by atoms with Gasteiger partial charge in [-0.15, -0.1) is 13.2 Å². The van der Waals surface area contributed by atoms with Crippen LogP contribution in [0.15, 0.2) is 110 Å². The summed E-state index contributed by atoms with van der Waals surface area (Å²) in [6.07, 6.45) is 9.91. The lowest BCUT2D eigenvalue weighted by Crippen LogP contribution is -2.73. The van der Waals surface area contributed by atoms with Crippen LogP contribution in [0, 0.1) is 0 Å². The first-order valence-electron chi connectivity index (χ1n) is 10.1. The zero-order valence-corrected chi connectivity index (χ0v) is 17.3. The Morgan fingerprint density at radius 3 is 2.21 bits per heavy atom. The molecule has 0 aromatic heterocycles. The van der Waals surface area contributed by atoms with Gasteiger partial charge in [0, 0.05) is 11.0 Å². The van der Waals surface area contributed by atoms with Gasteiger partial charge < -0.3 is 5.32 Å². The Morgan fingerprint density at radius 2 is 1.55 bits per heavy atom. The zero-order chi connectivity index (χ0) is 20.7. The van der Waals surface area contributed by atoms with Crippen LogP contribution in [0.3, 0.4) is 0 Å². The molecule has 3 rings (SSSR count). The summed E-state index contributed by atoms with van der Waals surface area (Å²) in [7, 11) is 2.10. The third-order valence-electron chi connectivity index (χ3n) is 5.63. The summed E-state index contributed by atoms with van der Waals surface area (Å²) in [6.45, 7) is 12.7. The van der Waals surface area contributed by atoms with E-state index < -0.39 is 0 Å². The summed E-state index contributed by atoms with van der Waals surface area (Å²) in [6, 6.07) is 23.4. The van der Waals surface area contributed by atoms with Crippen LogP contribution in [0.1, 0.15) is 24.0 Å². The van der Waals surface area contributed by atoms with E-state index in [-0.39, 0.29) is 5.41 Å². The largest absolute Gasteiger partial charge is 0.316 e. The zero-order valence-electron chi connectivity index (χ0n) is 17.3. The molecule has 2 N–H and O–H groups in total. The lowest BCUT2D eigenvalue weighted by Gasteiger charge is -2.35. The molecule has 0 aliphatic carbocycles. The molecule has 0 amide bonds. The van der Waals surface area contributed by atoms with Crippen molar-refractivity contribution in [1.82, 2.24) is 0 Å². The van der Waals surface area contributed by atoms with Crippen molar-refractivity contribution < 1.29 is 5.32 Å². The molecule has 0 fully saturated rings. The van der Waals surface area contributed by atoms with E-state index in [0.717, 1.165) is 18.4 Å². The molecule has 0 aliphatic rings. The molecule has 0 spiro atoms. The number of nitrogens with two attached hydrogens (primary N) is 1. The minimum atomic E-state index is -0.294. The third-order valence-corrected chi connectivity index (χ3v) is 5.63. The van der Waals surface area contributed by atoms with Gasteiger partial charge in [-0.2, -0.15) is 0 Å². The summed E-state index contributed by atoms with van der Waals surface area (Å²) >= 11 is 0. The highest BCUT2D eigenvalue weighted by Crippen LogP contribution is 2.45. The standard InChI is InChI=1S/C28H29N/c1-5-20-28(21-6-2,22(3)16-17-23-12-8-7-9-13-23)27-25-15-11-10-14-24(25)18-19-26(27)29-4/h5-19,29H,1-3,20-21H2,4H3/p+1/b17-16+. The Morgan fingerprint density at radius 1 is 0.897 bits per heavy atom. The molecule has 0 radical (unpaired) electrons. The smallest absolute Gasteiger partial charge is 0.134 e. The molecule has 0 heterocycles. The second-order valence-corrected chi connectivity index (χ2v) is 7.38. The molecule has 0 saturated heterocycles. The number of fused-ring (bicyclic) bond motifs is 1. The van der Waals surface area contributed by atoms with Crippen LogP contribution in [0.25, 0.3) is 16.8 Å². The molecule has 3 aromatic rings. The summed E-state index contributed by atoms with van der Waals surface area (Å²) in [5.74, 6) is 0. The normalized spacial score (nSPS) is 11.6. The first kappa shape index (κ1) is 20.6. The van der Waals surface area contributed by atoms with Crippen molar-refractivity contribution in [3.8, 4) is 0 Å². The van der Waals surface area contributed by atoms with E-state index in [4.69, 9.17) is 0 Å². The van der Waals surface area contributed by atoms with Gasteiger partial charge in [-0.05, 0) is 46.9 Å². The maximum absolute atomic E-state index is 4.54. The molecule has 1 heteroatoms. The second-order valence-electron chi connectivity index (χ2n) is 7.38. The van der Waals surface area contributed by atoms with Gasteiger partial charge in [-0.3, -0.25) is 0 Å². The molecular weight excluding hydrogens is 350 g/mol. The van der Waals surface area contributed by atoms with Gasteiger partial charge in [0.1, 0.15) is 5.69 Å². The van der Waals surface area contributed by atoms with Crippen molar-refractivity contribution in [2.24, 2.45) is 0 Å². The van der Waals surface area contributed by atoms with E-state index in [1.807, 2.05) is 18.2 Å². The first-order valence-corrected chi connectivity index (χ1v) is 10.1. The molecule has 3 aromatic carbocycles. The average molecular weight is 381 g/mol. The molecule has 0 atom stereocenters. The Balaban J connectivity index is 2.23. The van der Waals surface area contributed by atoms with Gasteiger partial charge in [-0.1, -0.05) is 85.5 Å². The predicted octanol–water partition coefficient (Wildman–Crippen LogP) is 6.32. The average Bonchev–Trinajstić information content (AvgIpc) is 2.77. The summed E-state index contributed by atoms with van der Waals surface area (Å²) in [4.78, 5) is 0. The number of hydrogen-bond donors (Lipinski definition) is 1. The fourth-order valence-corrected chi connectivity index (χ4v) is 4.19. The van der Waals surface area contributed by atoms with E-state index in [1.165, 1.54) is 27.6 Å². The van der Waals surface area contributed by atoms with Crippen molar-refractivity contribution >= 4 is 22.5 Å². The van der Waals surface area contributed by atoms with E-state index in [9.17, 15) is 0 Å². The predicted molar refractivity (Wildman–Crippen MR) is 127 cm³/mol. The number of rotatable bonds is 9. The van der Waals surface area contributed by atoms with Crippen molar-refractivity contribution in [3.05, 3.63) is 121 Å². The summed E-state index contributed by atoms with van der Waals surface area (Å²) in [5, 5.41) is 4.70. The van der Waals surface area contributed by atoms with Crippen LogP contribution in [-0.2, 0) is 5.41 Å².